The molecule has 24 heavy (non-hydrogen) atoms. The summed E-state index contributed by atoms with van der Waals surface area (Å²) in [6.45, 7) is 0. The second-order valence-electron chi connectivity index (χ2n) is 5.41. The molecule has 0 amide bonds. The molecule has 0 aliphatic rings. The van der Waals surface area contributed by atoms with Crippen LogP contribution in [0.15, 0.2) is 65.6 Å². The number of methoxy groups -OCH3 is 1. The zero-order valence-electron chi connectivity index (χ0n) is 13.3. The van der Waals surface area contributed by atoms with E-state index in [0.29, 0.717) is 12.2 Å². The van der Waals surface area contributed by atoms with Crippen molar-refractivity contribution in [1.82, 2.24) is 0 Å². The van der Waals surface area contributed by atoms with Crippen LogP contribution in [0.2, 0.25) is 0 Å². The van der Waals surface area contributed by atoms with Crippen LogP contribution in [-0.2, 0) is 9.53 Å². The van der Waals surface area contributed by atoms with Crippen LogP contribution in [0.1, 0.15) is 6.42 Å². The minimum absolute atomic E-state index is 0.188. The number of carbonyl (C=O) groups excluding carboxylic acids is 1. The van der Waals surface area contributed by atoms with Gasteiger partial charge in [-0.1, -0.05) is 30.3 Å². The number of rotatable bonds is 5. The van der Waals surface area contributed by atoms with Gasteiger partial charge >= 0.3 is 5.97 Å². The molecule has 0 bridgehead atoms. The molecule has 0 atom stereocenters. The predicted octanol–water partition coefficient (Wildman–Crippen LogP) is 5.30. The second kappa shape index (κ2) is 7.49. The molecule has 0 fully saturated rings. The molecular weight excluding hydrogens is 323 g/mol. The molecule has 3 aromatic carbocycles. The molecule has 0 spiro atoms. The number of benzene rings is 3. The summed E-state index contributed by atoms with van der Waals surface area (Å²) in [5.41, 5.74) is 2.06. The minimum Gasteiger partial charge on any atom is -0.469 e. The molecule has 2 nitrogen and oxygen atoms in total. The summed E-state index contributed by atoms with van der Waals surface area (Å²) in [5, 5.41) is 2.28. The van der Waals surface area contributed by atoms with Crippen molar-refractivity contribution < 1.29 is 13.9 Å². The third-order valence-electron chi connectivity index (χ3n) is 3.79. The van der Waals surface area contributed by atoms with Crippen molar-refractivity contribution in [1.29, 1.82) is 0 Å². The van der Waals surface area contributed by atoms with Crippen molar-refractivity contribution in [3.8, 4) is 11.1 Å². The van der Waals surface area contributed by atoms with E-state index in [9.17, 15) is 9.18 Å². The van der Waals surface area contributed by atoms with Crippen molar-refractivity contribution >= 4 is 28.5 Å². The first kappa shape index (κ1) is 16.5. The molecule has 3 rings (SSSR count). The van der Waals surface area contributed by atoms with Crippen LogP contribution in [0, 0.1) is 5.82 Å². The number of hydrogen-bond acceptors (Lipinski definition) is 3. The van der Waals surface area contributed by atoms with Gasteiger partial charge in [-0.25, -0.2) is 4.39 Å². The van der Waals surface area contributed by atoms with Gasteiger partial charge in [-0.3, -0.25) is 4.79 Å². The molecule has 0 aliphatic carbocycles. The number of esters is 1. The molecule has 4 heteroatoms. The van der Waals surface area contributed by atoms with E-state index in [1.165, 1.54) is 19.2 Å². The summed E-state index contributed by atoms with van der Waals surface area (Å²) in [6.07, 6.45) is 0.405. The highest BCUT2D eigenvalue weighted by atomic mass is 32.2. The largest absolute Gasteiger partial charge is 0.469 e. The van der Waals surface area contributed by atoms with E-state index in [4.69, 9.17) is 0 Å². The Hall–Kier alpha value is -2.33. The van der Waals surface area contributed by atoms with Gasteiger partial charge in [-0.05, 0) is 52.2 Å². The normalized spacial score (nSPS) is 10.8. The lowest BCUT2D eigenvalue weighted by Crippen LogP contribution is -2.00. The van der Waals surface area contributed by atoms with Crippen LogP contribution in [0.5, 0.6) is 0 Å². The van der Waals surface area contributed by atoms with Crippen LogP contribution in [0.25, 0.3) is 21.9 Å². The second-order valence-corrected chi connectivity index (χ2v) is 6.57. The topological polar surface area (TPSA) is 26.3 Å². The first-order valence-electron chi connectivity index (χ1n) is 7.65. The van der Waals surface area contributed by atoms with Crippen molar-refractivity contribution in [3.63, 3.8) is 0 Å². The van der Waals surface area contributed by atoms with Crippen LogP contribution in [0.4, 0.5) is 4.39 Å². The van der Waals surface area contributed by atoms with E-state index in [2.05, 4.69) is 35.1 Å². The SMILES string of the molecule is COC(=O)CCSc1ccc2cc(-c3ccc(F)cc3)ccc2c1. The highest BCUT2D eigenvalue weighted by Crippen LogP contribution is 2.28. The summed E-state index contributed by atoms with van der Waals surface area (Å²) in [5.74, 6) is 0.284. The first-order chi connectivity index (χ1) is 11.7. The van der Waals surface area contributed by atoms with Gasteiger partial charge in [0.05, 0.1) is 13.5 Å². The summed E-state index contributed by atoms with van der Waals surface area (Å²) < 4.78 is 17.7. The fraction of sp³-hybridized carbons (Fsp3) is 0.150. The third-order valence-corrected chi connectivity index (χ3v) is 4.79. The van der Waals surface area contributed by atoms with Crippen molar-refractivity contribution in [2.24, 2.45) is 0 Å². The summed E-state index contributed by atoms with van der Waals surface area (Å²) in [7, 11) is 1.40. The number of carbonyl (C=O) groups is 1. The molecule has 0 aromatic heterocycles. The highest BCUT2D eigenvalue weighted by molar-refractivity contribution is 7.99. The number of fused-ring (bicyclic) bond motifs is 1. The lowest BCUT2D eigenvalue weighted by atomic mass is 10.0. The maximum Gasteiger partial charge on any atom is 0.306 e. The van der Waals surface area contributed by atoms with Crippen molar-refractivity contribution in [2.75, 3.05) is 12.9 Å². The van der Waals surface area contributed by atoms with E-state index < -0.39 is 0 Å². The summed E-state index contributed by atoms with van der Waals surface area (Å²) >= 11 is 1.64. The average molecular weight is 340 g/mol. The van der Waals surface area contributed by atoms with Gasteiger partial charge in [0.1, 0.15) is 5.82 Å². The Labute approximate surface area is 144 Å². The molecule has 122 valence electrons. The quantitative estimate of drug-likeness (QED) is 0.466. The van der Waals surface area contributed by atoms with Gasteiger partial charge in [-0.15, -0.1) is 11.8 Å². The Morgan fingerprint density at radius 1 is 0.958 bits per heavy atom. The van der Waals surface area contributed by atoms with E-state index in [0.717, 1.165) is 26.8 Å². The van der Waals surface area contributed by atoms with E-state index >= 15 is 0 Å². The lowest BCUT2D eigenvalue weighted by Gasteiger charge is -2.07. The Morgan fingerprint density at radius 2 is 1.62 bits per heavy atom. The van der Waals surface area contributed by atoms with Crippen LogP contribution in [0.3, 0.4) is 0 Å². The Bertz CT molecular complexity index is 859. The van der Waals surface area contributed by atoms with Gasteiger partial charge in [0.2, 0.25) is 0 Å². The molecule has 0 N–H and O–H groups in total. The lowest BCUT2D eigenvalue weighted by molar-refractivity contribution is -0.140. The van der Waals surface area contributed by atoms with Gasteiger partial charge in [0.25, 0.3) is 0 Å². The molecule has 3 aromatic rings. The van der Waals surface area contributed by atoms with Crippen LogP contribution >= 0.6 is 11.8 Å². The van der Waals surface area contributed by atoms with Gasteiger partial charge in [-0.2, -0.15) is 0 Å². The molecule has 0 radical (unpaired) electrons. The standard InChI is InChI=1S/C20H17FO2S/c1-23-20(22)10-11-24-19-9-6-16-12-15(2-3-17(16)13-19)14-4-7-18(21)8-5-14/h2-9,12-13H,10-11H2,1H3. The number of thioether (sulfide) groups is 1. The van der Waals surface area contributed by atoms with Gasteiger partial charge < -0.3 is 4.74 Å². The predicted molar refractivity (Wildman–Crippen MR) is 96.7 cm³/mol. The molecule has 0 aliphatic heterocycles. The maximum atomic E-state index is 13.0. The molecule has 0 heterocycles. The third kappa shape index (κ3) is 3.95. The Balaban J connectivity index is 1.78. The number of halogens is 1. The summed E-state index contributed by atoms with van der Waals surface area (Å²) in [6, 6.07) is 19.0. The fourth-order valence-electron chi connectivity index (χ4n) is 2.49. The fourth-order valence-corrected chi connectivity index (χ4v) is 3.37. The molecule has 0 saturated carbocycles. The minimum atomic E-state index is -0.229. The first-order valence-corrected chi connectivity index (χ1v) is 8.63. The summed E-state index contributed by atoms with van der Waals surface area (Å²) in [4.78, 5) is 12.3. The smallest absolute Gasteiger partial charge is 0.306 e. The van der Waals surface area contributed by atoms with E-state index in [1.54, 1.807) is 23.9 Å². The van der Waals surface area contributed by atoms with Crippen LogP contribution < -0.4 is 0 Å². The van der Waals surface area contributed by atoms with Gasteiger partial charge in [0.15, 0.2) is 0 Å². The maximum absolute atomic E-state index is 13.0. The number of hydrogen-bond donors (Lipinski definition) is 0. The van der Waals surface area contributed by atoms with Gasteiger partial charge in [0, 0.05) is 10.6 Å². The van der Waals surface area contributed by atoms with E-state index in [-0.39, 0.29) is 11.8 Å². The van der Waals surface area contributed by atoms with Crippen molar-refractivity contribution in [2.45, 2.75) is 11.3 Å². The average Bonchev–Trinajstić information content (AvgIpc) is 2.61. The zero-order valence-corrected chi connectivity index (χ0v) is 14.1. The Morgan fingerprint density at radius 3 is 2.38 bits per heavy atom. The molecular formula is C20H17FO2S. The molecule has 0 unspecified atom stereocenters. The zero-order chi connectivity index (χ0) is 16.9. The van der Waals surface area contributed by atoms with Crippen molar-refractivity contribution in [3.05, 3.63) is 66.5 Å². The highest BCUT2D eigenvalue weighted by Gasteiger charge is 2.04. The molecule has 0 saturated heterocycles. The Kier molecular flexibility index (Phi) is 5.16. The van der Waals surface area contributed by atoms with E-state index in [1.807, 2.05) is 6.07 Å². The number of ether oxygens (including phenoxy) is 1. The van der Waals surface area contributed by atoms with Crippen LogP contribution in [-0.4, -0.2) is 18.8 Å². The monoisotopic (exact) mass is 340 g/mol.